The van der Waals surface area contributed by atoms with E-state index in [9.17, 15) is 52.5 Å². The molecule has 128 heavy (non-hydrogen) atoms. The van der Waals surface area contributed by atoms with Gasteiger partial charge in [-0.2, -0.15) is 0 Å². The molecule has 756 valence electrons. The number of phosphoric acid groups is 6. The summed E-state index contributed by atoms with van der Waals surface area (Å²) < 4.78 is 153. The lowest BCUT2D eigenvalue weighted by molar-refractivity contribution is -0.367. The number of aliphatic hydroxyl groups excluding tert-OH is 4. The molecule has 0 heterocycles. The van der Waals surface area contributed by atoms with Crippen LogP contribution < -0.4 is 46.1 Å². The Morgan fingerprint density at radius 3 is 0.984 bits per heavy atom. The molecule has 0 aliphatic carbocycles. The first-order valence-corrected chi connectivity index (χ1v) is 49.7. The van der Waals surface area contributed by atoms with E-state index < -0.39 is 53.0 Å². The second-order valence-corrected chi connectivity index (χ2v) is 35.1. The predicted octanol–water partition coefficient (Wildman–Crippen LogP) is 6.25. The summed E-state index contributed by atoms with van der Waals surface area (Å²) in [5, 5.41) is 55.1. The summed E-state index contributed by atoms with van der Waals surface area (Å²) >= 11 is 0. The van der Waals surface area contributed by atoms with Crippen LogP contribution in [0.2, 0.25) is 0 Å². The predicted molar refractivity (Wildman–Crippen MR) is 467 cm³/mol. The largest absolute Gasteiger partial charge is 0.491 e. The molecular weight excluding hydrogens is 1830 g/mol. The first kappa shape index (κ1) is 129. The zero-order valence-corrected chi connectivity index (χ0v) is 81.2. The van der Waals surface area contributed by atoms with E-state index in [0.717, 1.165) is 145 Å². The standard InChI is InChI=1S/C22H40NO15P.C14H24NO7P.C13H22NO6P.C9H22NO5P.C8H20NO5P.C8H20NO4P/c1-23-3-4-28-5-7-30-32-9-11-34-36-13-14-37-35-12-10-33-31-8-6-29-22-16-20(18-24)15-21(17-22)19-38-39(25,26)27-2;1-15-3-4-20-5-6-21-14-8-12(10-16)7-13(9-14)11-22-23(17,18)19-2;1-14-6-7-18-8-9-19-13-5-3-4-12(10-13)11-20-21(15,16)17-2;1-10-6-4-3-5-9(7-11)8-15-16(12,13)14-2;1-9-6-4-3-5-8(10)7-14-15(11,12)13-2;1-9-7-5-3-4-6-8-13-14(10,11)12-2/h15-17,23-24H,3-14,18-19H2,1-2H3,(H,25,26);7-9,15-16H,3-6,10-11H2,1-2H3,(H,17,18);3-5,10,14H,6-9,11H2,1-2H3,(H,15,16);9-11H,3-8H2,1-2H3,(H,12,13);8-10H,3-7H2,1-2H3,(H,11,12);9H,3-8H2,1-2H3,(H,10,11). The molecule has 0 spiro atoms. The van der Waals surface area contributed by atoms with Gasteiger partial charge in [0.2, 0.25) is 0 Å². The second-order valence-electron chi connectivity index (χ2n) is 25.8. The molecule has 3 rings (SSSR count). The molecule has 0 radical (unpaired) electrons. The van der Waals surface area contributed by atoms with Gasteiger partial charge in [-0.05, 0) is 171 Å². The number of hydrogen-bond donors (Lipinski definition) is 16. The van der Waals surface area contributed by atoms with Gasteiger partial charge >= 0.3 is 46.9 Å². The van der Waals surface area contributed by atoms with Gasteiger partial charge in [0, 0.05) is 74.8 Å². The molecule has 3 aromatic rings. The van der Waals surface area contributed by atoms with E-state index in [0.29, 0.717) is 105 Å². The zero-order valence-electron chi connectivity index (χ0n) is 75.8. The molecule has 8 atom stereocenters. The van der Waals surface area contributed by atoms with Crippen LogP contribution in [0.15, 0.2) is 60.7 Å². The van der Waals surface area contributed by atoms with Crippen molar-refractivity contribution in [1.29, 1.82) is 0 Å². The minimum absolute atomic E-state index is 0.0303. The highest BCUT2D eigenvalue weighted by molar-refractivity contribution is 7.48. The summed E-state index contributed by atoms with van der Waals surface area (Å²) in [7, 11) is -5.87. The van der Waals surface area contributed by atoms with Crippen molar-refractivity contribution in [3.8, 4) is 17.2 Å². The Morgan fingerprint density at radius 2 is 0.602 bits per heavy atom. The Morgan fingerprint density at radius 1 is 0.297 bits per heavy atom. The number of phosphoric ester groups is 6. The topological polar surface area (TPSA) is 617 Å². The number of ether oxygens (including phenoxy) is 6. The minimum Gasteiger partial charge on any atom is -0.491 e. The summed E-state index contributed by atoms with van der Waals surface area (Å²) in [6.07, 6.45) is 8.35. The van der Waals surface area contributed by atoms with Crippen molar-refractivity contribution < 1.29 is 199 Å². The van der Waals surface area contributed by atoms with Crippen LogP contribution in [0, 0.1) is 5.92 Å². The zero-order chi connectivity index (χ0) is 96.2. The van der Waals surface area contributed by atoms with Crippen LogP contribution in [0.1, 0.15) is 92.0 Å². The molecule has 0 fully saturated rings. The molecule has 0 aliphatic rings. The number of aliphatic hydroxyl groups is 4. The highest BCUT2D eigenvalue weighted by Crippen LogP contribution is 2.46. The maximum Gasteiger partial charge on any atom is 0.472 e. The number of rotatable bonds is 79. The van der Waals surface area contributed by atoms with Gasteiger partial charge in [-0.15, -0.1) is 0 Å². The van der Waals surface area contributed by atoms with Crippen molar-refractivity contribution in [3.63, 3.8) is 0 Å². The molecule has 8 unspecified atom stereocenters. The lowest BCUT2D eigenvalue weighted by Gasteiger charge is -2.16. The van der Waals surface area contributed by atoms with Crippen molar-refractivity contribution in [1.82, 2.24) is 31.9 Å². The molecule has 48 nitrogen and oxygen atoms in total. The van der Waals surface area contributed by atoms with E-state index in [4.69, 9.17) is 110 Å². The van der Waals surface area contributed by atoms with E-state index in [1.54, 1.807) is 60.7 Å². The number of unbranched alkanes of at least 4 members (excludes halogenated alkanes) is 5. The van der Waals surface area contributed by atoms with E-state index in [-0.39, 0.29) is 118 Å². The highest BCUT2D eigenvalue weighted by Gasteiger charge is 2.25. The molecule has 0 bridgehead atoms. The Kier molecular flexibility index (Phi) is 87.4. The van der Waals surface area contributed by atoms with Crippen molar-refractivity contribution in [2.75, 3.05) is 263 Å². The van der Waals surface area contributed by atoms with E-state index >= 15 is 0 Å². The minimum atomic E-state index is -4.12. The Bertz CT molecular complexity index is 3350. The smallest absolute Gasteiger partial charge is 0.472 e. The molecular formula is C74H148N6O42P6. The van der Waals surface area contributed by atoms with E-state index in [2.05, 4.69) is 68.1 Å². The van der Waals surface area contributed by atoms with Gasteiger partial charge in [-0.3, -0.25) is 54.3 Å². The van der Waals surface area contributed by atoms with Gasteiger partial charge in [0.1, 0.15) is 89.9 Å². The van der Waals surface area contributed by atoms with Gasteiger partial charge in [-0.1, -0.05) is 43.5 Å². The molecule has 0 aliphatic heterocycles. The van der Waals surface area contributed by atoms with Crippen LogP contribution in [0.25, 0.3) is 0 Å². The second kappa shape index (κ2) is 86.7. The molecule has 3 aromatic carbocycles. The lowest BCUT2D eigenvalue weighted by Crippen LogP contribution is -2.16. The van der Waals surface area contributed by atoms with Crippen LogP contribution >= 0.6 is 46.9 Å². The maximum absolute atomic E-state index is 11.4. The lowest BCUT2D eigenvalue weighted by atomic mass is 10.0. The number of benzene rings is 3. The van der Waals surface area contributed by atoms with Gasteiger partial charge in [-0.25, -0.2) is 66.5 Å². The van der Waals surface area contributed by atoms with Gasteiger partial charge < -0.3 is 110 Å². The van der Waals surface area contributed by atoms with Crippen LogP contribution in [-0.2, 0) is 168 Å². The molecule has 0 saturated heterocycles. The third-order valence-electron chi connectivity index (χ3n) is 15.4. The van der Waals surface area contributed by atoms with Crippen LogP contribution in [0.4, 0.5) is 0 Å². The fourth-order valence-corrected chi connectivity index (χ4v) is 11.4. The molecule has 0 saturated carbocycles. The fraction of sp³-hybridized carbons (Fsp3) is 0.757. The van der Waals surface area contributed by atoms with Crippen LogP contribution in [0.3, 0.4) is 0 Å². The summed E-state index contributed by atoms with van der Waals surface area (Å²) in [6.45, 7) is 9.94. The Labute approximate surface area is 752 Å². The number of nitrogens with one attached hydrogen (secondary N) is 6. The van der Waals surface area contributed by atoms with Gasteiger partial charge in [0.25, 0.3) is 0 Å². The SMILES string of the molecule is CNCCCCC(CO)COP(=O)(O)OC.CNCCCCC(O)COP(=O)(O)OC.CNCCCCCCOP(=O)(O)OC.CNCCOCCOOCCOOCCOOCCOOCCOc1cc(CO)cc(COP(=O)(O)OC)c1.CNCCOCCOc1cc(CO)cc(COP(=O)(O)OC)c1.CNCCOCCOc1cccc(COP(=O)(O)OC)c1. The van der Waals surface area contributed by atoms with Crippen molar-refractivity contribution in [3.05, 3.63) is 88.5 Å². The van der Waals surface area contributed by atoms with Crippen molar-refractivity contribution >= 4 is 46.9 Å². The number of hydrogen-bond acceptors (Lipinski definition) is 42. The van der Waals surface area contributed by atoms with Crippen molar-refractivity contribution in [2.45, 2.75) is 103 Å². The quantitative estimate of drug-likeness (QED) is 0.0128. The molecule has 0 aromatic heterocycles. The molecule has 16 N–H and O–H groups in total. The summed E-state index contributed by atoms with van der Waals surface area (Å²) in [5.74, 6) is 1.47. The summed E-state index contributed by atoms with van der Waals surface area (Å²) in [5.41, 5.74) is 2.98. The summed E-state index contributed by atoms with van der Waals surface area (Å²) in [6, 6.07) is 16.9. The first-order valence-electron chi connectivity index (χ1n) is 40.8. The first-order chi connectivity index (χ1) is 61.3. The normalized spacial score (nSPS) is 14.5. The van der Waals surface area contributed by atoms with Crippen LogP contribution in [-0.4, -0.2) is 319 Å². The Balaban J connectivity index is -0.00000153. The maximum atomic E-state index is 11.4. The average molecular weight is 1980 g/mol. The summed E-state index contributed by atoms with van der Waals surface area (Å²) in [4.78, 5) is 93.7. The third kappa shape index (κ3) is 84.6. The number of likely N-dealkylation sites (N-methyl/N-ethyl adjacent to an activating group) is 3. The molecule has 0 amide bonds. The third-order valence-corrected chi connectivity index (χ3v) is 21.0. The molecule has 54 heteroatoms. The van der Waals surface area contributed by atoms with Crippen LogP contribution in [0.5, 0.6) is 17.2 Å². The van der Waals surface area contributed by atoms with E-state index in [1.807, 2.05) is 42.3 Å². The van der Waals surface area contributed by atoms with E-state index in [1.165, 1.54) is 0 Å². The Hall–Kier alpha value is -3.12. The monoisotopic (exact) mass is 1980 g/mol. The van der Waals surface area contributed by atoms with Crippen molar-refractivity contribution in [2.24, 2.45) is 5.92 Å². The van der Waals surface area contributed by atoms with Gasteiger partial charge in [0.05, 0.1) is 98.6 Å². The highest BCUT2D eigenvalue weighted by atomic mass is 31.2. The fourth-order valence-electron chi connectivity index (χ4n) is 8.75. The average Bonchev–Trinajstić information content (AvgIpc) is 0.856. The van der Waals surface area contributed by atoms with Gasteiger partial charge in [0.15, 0.2) is 0 Å².